The molecule has 0 aliphatic carbocycles. The van der Waals surface area contributed by atoms with Crippen molar-refractivity contribution in [1.29, 1.82) is 0 Å². The average Bonchev–Trinajstić information content (AvgIpc) is 2.44. The maximum absolute atomic E-state index is 9.90. The van der Waals surface area contributed by atoms with Crippen molar-refractivity contribution < 1.29 is 5.11 Å². The highest BCUT2D eigenvalue weighted by molar-refractivity contribution is 7.99. The van der Waals surface area contributed by atoms with Crippen molar-refractivity contribution >= 4 is 22.5 Å². The Hall–Kier alpha value is -2.00. The van der Waals surface area contributed by atoms with E-state index in [2.05, 4.69) is 11.9 Å². The minimum atomic E-state index is 0.325. The molecule has 0 atom stereocenters. The van der Waals surface area contributed by atoms with Crippen LogP contribution >= 0.6 is 11.8 Å². The van der Waals surface area contributed by atoms with Crippen LogP contribution < -0.4 is 0 Å². The van der Waals surface area contributed by atoms with Crippen molar-refractivity contribution in [3.63, 3.8) is 0 Å². The third-order valence-corrected chi connectivity index (χ3v) is 4.30. The summed E-state index contributed by atoms with van der Waals surface area (Å²) >= 11 is 1.70. The molecule has 94 valence electrons. The van der Waals surface area contributed by atoms with E-state index in [0.29, 0.717) is 5.75 Å². The summed E-state index contributed by atoms with van der Waals surface area (Å²) in [6.07, 6.45) is 3.67. The maximum Gasteiger partial charge on any atom is 0.123 e. The highest BCUT2D eigenvalue weighted by atomic mass is 32.2. The summed E-state index contributed by atoms with van der Waals surface area (Å²) in [5.74, 6) is 0.325. The van der Waals surface area contributed by atoms with Gasteiger partial charge in [-0.05, 0) is 36.1 Å². The molecule has 0 bridgehead atoms. The average molecular weight is 267 g/mol. The Bertz CT molecular complexity index is 740. The van der Waals surface area contributed by atoms with Crippen LogP contribution in [-0.2, 0) is 0 Å². The van der Waals surface area contributed by atoms with Gasteiger partial charge in [-0.2, -0.15) is 0 Å². The number of hydrogen-bond acceptors (Lipinski definition) is 3. The molecule has 0 radical (unpaired) electrons. The van der Waals surface area contributed by atoms with Crippen LogP contribution in [0.3, 0.4) is 0 Å². The molecular formula is C16H13NOS. The first-order valence-corrected chi connectivity index (χ1v) is 6.86. The Labute approximate surface area is 116 Å². The molecule has 1 N–H and O–H groups in total. The van der Waals surface area contributed by atoms with E-state index in [1.54, 1.807) is 24.0 Å². The van der Waals surface area contributed by atoms with Gasteiger partial charge < -0.3 is 5.11 Å². The van der Waals surface area contributed by atoms with Crippen LogP contribution in [0.15, 0.2) is 64.6 Å². The summed E-state index contributed by atoms with van der Waals surface area (Å²) in [5.41, 5.74) is 1.16. The van der Waals surface area contributed by atoms with Crippen LogP contribution in [0.1, 0.15) is 5.56 Å². The Balaban J connectivity index is 2.12. The van der Waals surface area contributed by atoms with Crippen molar-refractivity contribution in [3.05, 3.63) is 60.4 Å². The fourth-order valence-corrected chi connectivity index (χ4v) is 3.04. The molecule has 3 aromatic rings. The van der Waals surface area contributed by atoms with Gasteiger partial charge >= 0.3 is 0 Å². The summed E-state index contributed by atoms with van der Waals surface area (Å²) < 4.78 is 0. The molecule has 0 amide bonds. The van der Waals surface area contributed by atoms with Gasteiger partial charge in [-0.25, -0.2) is 0 Å². The summed E-state index contributed by atoms with van der Waals surface area (Å²) in [7, 11) is 0. The van der Waals surface area contributed by atoms with Gasteiger partial charge in [0.15, 0.2) is 0 Å². The zero-order valence-corrected chi connectivity index (χ0v) is 11.3. The Morgan fingerprint density at radius 3 is 2.53 bits per heavy atom. The number of phenolic OH excluding ortho intramolecular Hbond substituents is 1. The second-order valence-electron chi connectivity index (χ2n) is 4.37. The number of benzene rings is 2. The molecule has 0 fully saturated rings. The number of rotatable bonds is 2. The van der Waals surface area contributed by atoms with Crippen LogP contribution in [0.4, 0.5) is 0 Å². The van der Waals surface area contributed by atoms with Crippen molar-refractivity contribution in [2.75, 3.05) is 0 Å². The Morgan fingerprint density at radius 2 is 1.74 bits per heavy atom. The van der Waals surface area contributed by atoms with Gasteiger partial charge in [-0.1, -0.05) is 36.0 Å². The van der Waals surface area contributed by atoms with E-state index in [4.69, 9.17) is 0 Å². The van der Waals surface area contributed by atoms with Gasteiger partial charge in [0.25, 0.3) is 0 Å². The van der Waals surface area contributed by atoms with Gasteiger partial charge in [0.05, 0.1) is 0 Å². The van der Waals surface area contributed by atoms with Gasteiger partial charge in [0.1, 0.15) is 5.75 Å². The molecule has 2 nitrogen and oxygen atoms in total. The Kier molecular flexibility index (Phi) is 3.13. The number of fused-ring (bicyclic) bond motifs is 1. The summed E-state index contributed by atoms with van der Waals surface area (Å²) in [4.78, 5) is 6.44. The van der Waals surface area contributed by atoms with Crippen molar-refractivity contribution in [2.45, 2.75) is 16.7 Å². The van der Waals surface area contributed by atoms with E-state index in [-0.39, 0.29) is 0 Å². The van der Waals surface area contributed by atoms with Crippen LogP contribution in [0, 0.1) is 6.92 Å². The number of nitrogens with zero attached hydrogens (tertiary/aromatic N) is 1. The van der Waals surface area contributed by atoms with E-state index >= 15 is 0 Å². The van der Waals surface area contributed by atoms with E-state index in [1.165, 1.54) is 4.90 Å². The van der Waals surface area contributed by atoms with E-state index in [9.17, 15) is 5.11 Å². The Morgan fingerprint density at radius 1 is 0.947 bits per heavy atom. The molecule has 1 aromatic heterocycles. The number of aryl methyl sites for hydroxylation is 1. The maximum atomic E-state index is 9.90. The minimum absolute atomic E-state index is 0.325. The number of pyridine rings is 1. The van der Waals surface area contributed by atoms with Gasteiger partial charge in [0.2, 0.25) is 0 Å². The first-order chi connectivity index (χ1) is 9.25. The van der Waals surface area contributed by atoms with E-state index in [1.807, 2.05) is 42.6 Å². The highest BCUT2D eigenvalue weighted by Crippen LogP contribution is 2.37. The fourth-order valence-electron chi connectivity index (χ4n) is 2.04. The molecule has 0 aliphatic rings. The predicted molar refractivity (Wildman–Crippen MR) is 78.7 cm³/mol. The number of aromatic nitrogens is 1. The summed E-state index contributed by atoms with van der Waals surface area (Å²) in [5, 5.41) is 11.9. The molecule has 0 saturated heterocycles. The quantitative estimate of drug-likeness (QED) is 0.747. The second kappa shape index (κ2) is 4.94. The largest absolute Gasteiger partial charge is 0.507 e. The minimum Gasteiger partial charge on any atom is -0.507 e. The third-order valence-electron chi connectivity index (χ3n) is 3.05. The molecule has 3 rings (SSSR count). The fraction of sp³-hybridized carbons (Fsp3) is 0.0625. The topological polar surface area (TPSA) is 33.1 Å². The lowest BCUT2D eigenvalue weighted by Crippen LogP contribution is -1.83. The van der Waals surface area contributed by atoms with E-state index < -0.39 is 0 Å². The lowest BCUT2D eigenvalue weighted by molar-refractivity contribution is 0.481. The molecule has 19 heavy (non-hydrogen) atoms. The van der Waals surface area contributed by atoms with E-state index in [0.717, 1.165) is 21.2 Å². The number of hydrogen-bond donors (Lipinski definition) is 1. The van der Waals surface area contributed by atoms with Crippen LogP contribution in [0.2, 0.25) is 0 Å². The number of aromatic hydroxyl groups is 1. The summed E-state index contributed by atoms with van der Waals surface area (Å²) in [6.45, 7) is 2.05. The molecule has 2 aromatic carbocycles. The molecular weight excluding hydrogens is 254 g/mol. The lowest BCUT2D eigenvalue weighted by atomic mass is 10.1. The van der Waals surface area contributed by atoms with Gasteiger partial charge in [-0.3, -0.25) is 4.98 Å². The van der Waals surface area contributed by atoms with Crippen LogP contribution in [0.5, 0.6) is 5.75 Å². The summed E-state index contributed by atoms with van der Waals surface area (Å²) in [6, 6.07) is 13.6. The van der Waals surface area contributed by atoms with Crippen LogP contribution in [0.25, 0.3) is 10.8 Å². The standard InChI is InChI=1S/C16H13NOS/c1-11-10-17-9-8-15(11)19-16-7-6-14(18)12-4-2-3-5-13(12)16/h2-10,18H,1H3. The van der Waals surface area contributed by atoms with Crippen molar-refractivity contribution in [2.24, 2.45) is 0 Å². The number of phenols is 1. The van der Waals surface area contributed by atoms with Crippen LogP contribution in [-0.4, -0.2) is 10.1 Å². The molecule has 0 aliphatic heterocycles. The van der Waals surface area contributed by atoms with Gasteiger partial charge in [0, 0.05) is 27.6 Å². The molecule has 0 saturated carbocycles. The first kappa shape index (κ1) is 12.1. The third kappa shape index (κ3) is 2.29. The first-order valence-electron chi connectivity index (χ1n) is 6.05. The molecule has 0 unspecified atom stereocenters. The predicted octanol–water partition coefficient (Wildman–Crippen LogP) is 4.40. The molecule has 1 heterocycles. The highest BCUT2D eigenvalue weighted by Gasteiger charge is 2.07. The lowest BCUT2D eigenvalue weighted by Gasteiger charge is -2.09. The zero-order valence-electron chi connectivity index (χ0n) is 10.5. The van der Waals surface area contributed by atoms with Crippen molar-refractivity contribution in [3.8, 4) is 5.75 Å². The van der Waals surface area contributed by atoms with Gasteiger partial charge in [-0.15, -0.1) is 0 Å². The molecule has 3 heteroatoms. The zero-order chi connectivity index (χ0) is 13.2. The smallest absolute Gasteiger partial charge is 0.123 e. The second-order valence-corrected chi connectivity index (χ2v) is 5.46. The molecule has 0 spiro atoms. The normalized spacial score (nSPS) is 10.8. The SMILES string of the molecule is Cc1cnccc1Sc1ccc(O)c2ccccc12. The van der Waals surface area contributed by atoms with Crippen molar-refractivity contribution in [1.82, 2.24) is 4.98 Å². The monoisotopic (exact) mass is 267 g/mol.